The summed E-state index contributed by atoms with van der Waals surface area (Å²) in [5.41, 5.74) is 2.20. The standard InChI is InChI=1S/C27H31FN6O5/c1-15-13-34-14-18(22(37-6)20(28)24(34)29-15)31-25(35)17-7-8-19(23-21(17)30-16(2)38-23)32-9-11-33(12-10-32)26(36)39-27(3,4)5/h7-8,13-14H,9-12H2,1-6H3,(H,31,35). The lowest BCUT2D eigenvalue weighted by atomic mass is 10.1. The van der Waals surface area contributed by atoms with Crippen LogP contribution in [0, 0.1) is 19.7 Å². The van der Waals surface area contributed by atoms with E-state index in [9.17, 15) is 9.59 Å². The molecule has 1 aliphatic rings. The summed E-state index contributed by atoms with van der Waals surface area (Å²) in [5, 5.41) is 2.75. The van der Waals surface area contributed by atoms with Crippen LogP contribution < -0.4 is 15.0 Å². The minimum Gasteiger partial charge on any atom is -0.491 e. The van der Waals surface area contributed by atoms with E-state index in [1.807, 2.05) is 20.8 Å². The van der Waals surface area contributed by atoms with E-state index in [1.54, 1.807) is 43.3 Å². The maximum Gasteiger partial charge on any atom is 0.410 e. The van der Waals surface area contributed by atoms with Gasteiger partial charge in [0.05, 0.1) is 24.1 Å². The number of imidazole rings is 1. The molecule has 0 unspecified atom stereocenters. The van der Waals surface area contributed by atoms with Crippen molar-refractivity contribution in [3.8, 4) is 5.75 Å². The number of amides is 2. The van der Waals surface area contributed by atoms with E-state index >= 15 is 4.39 Å². The molecule has 4 heterocycles. The quantitative estimate of drug-likeness (QED) is 0.403. The fourth-order valence-corrected chi connectivity index (χ4v) is 4.66. The van der Waals surface area contributed by atoms with Crippen LogP contribution in [0.5, 0.6) is 5.75 Å². The van der Waals surface area contributed by atoms with Crippen LogP contribution in [0.15, 0.2) is 28.9 Å². The van der Waals surface area contributed by atoms with Crippen molar-refractivity contribution in [1.29, 1.82) is 0 Å². The van der Waals surface area contributed by atoms with E-state index < -0.39 is 17.3 Å². The molecule has 1 aliphatic heterocycles. The lowest BCUT2D eigenvalue weighted by Crippen LogP contribution is -2.50. The average molecular weight is 539 g/mol. The summed E-state index contributed by atoms with van der Waals surface area (Å²) in [6.07, 6.45) is 2.87. The van der Waals surface area contributed by atoms with Gasteiger partial charge in [-0.15, -0.1) is 0 Å². The SMILES string of the molecule is COc1c(NC(=O)c2ccc(N3CCN(C(=O)OC(C)(C)C)CC3)c3oc(C)nc23)cn2cc(C)nc2c1F. The first-order valence-corrected chi connectivity index (χ1v) is 12.6. The number of aromatic nitrogens is 3. The van der Waals surface area contributed by atoms with Crippen LogP contribution in [-0.2, 0) is 4.74 Å². The highest BCUT2D eigenvalue weighted by Gasteiger charge is 2.28. The van der Waals surface area contributed by atoms with Crippen molar-refractivity contribution >= 4 is 40.1 Å². The molecule has 0 aliphatic carbocycles. The second-order valence-corrected chi connectivity index (χ2v) is 10.5. The summed E-state index contributed by atoms with van der Waals surface area (Å²) in [6, 6.07) is 3.46. The monoisotopic (exact) mass is 538 g/mol. The predicted molar refractivity (Wildman–Crippen MR) is 143 cm³/mol. The first-order chi connectivity index (χ1) is 18.4. The van der Waals surface area contributed by atoms with Crippen LogP contribution in [0.3, 0.4) is 0 Å². The molecule has 3 aromatic heterocycles. The number of carbonyl (C=O) groups is 2. The summed E-state index contributed by atoms with van der Waals surface area (Å²) in [6.45, 7) is 11.0. The first kappa shape index (κ1) is 26.3. The van der Waals surface area contributed by atoms with Crippen LogP contribution in [0.1, 0.15) is 42.7 Å². The van der Waals surface area contributed by atoms with Gasteiger partial charge >= 0.3 is 6.09 Å². The normalized spacial score (nSPS) is 14.2. The molecule has 1 saturated heterocycles. The number of pyridine rings is 1. The third-order valence-corrected chi connectivity index (χ3v) is 6.36. The summed E-state index contributed by atoms with van der Waals surface area (Å²) in [5.74, 6) is -0.887. The maximum atomic E-state index is 15.0. The Balaban J connectivity index is 1.40. The topological polar surface area (TPSA) is 114 Å². The number of rotatable bonds is 4. The number of hydrogen-bond donors (Lipinski definition) is 1. The fourth-order valence-electron chi connectivity index (χ4n) is 4.66. The number of oxazole rings is 1. The molecule has 0 bridgehead atoms. The Morgan fingerprint density at radius 1 is 1.08 bits per heavy atom. The highest BCUT2D eigenvalue weighted by atomic mass is 19.1. The number of benzene rings is 1. The van der Waals surface area contributed by atoms with Gasteiger partial charge in [0.1, 0.15) is 16.8 Å². The minimum atomic E-state index is -0.674. The molecular formula is C27H31FN6O5. The van der Waals surface area contributed by atoms with Crippen LogP contribution >= 0.6 is 0 Å². The van der Waals surface area contributed by atoms with Gasteiger partial charge in [0.15, 0.2) is 22.9 Å². The van der Waals surface area contributed by atoms with Gasteiger partial charge in [0.2, 0.25) is 5.82 Å². The Bertz CT molecular complexity index is 1580. The summed E-state index contributed by atoms with van der Waals surface area (Å²) >= 11 is 0. The molecule has 1 aromatic carbocycles. The number of fused-ring (bicyclic) bond motifs is 2. The smallest absolute Gasteiger partial charge is 0.410 e. The van der Waals surface area contributed by atoms with Gasteiger partial charge in [0, 0.05) is 45.5 Å². The Kier molecular flexibility index (Phi) is 6.57. The van der Waals surface area contributed by atoms with Crippen LogP contribution in [0.4, 0.5) is 20.6 Å². The highest BCUT2D eigenvalue weighted by Crippen LogP contribution is 2.34. The van der Waals surface area contributed by atoms with Gasteiger partial charge in [-0.2, -0.15) is 4.39 Å². The third-order valence-electron chi connectivity index (χ3n) is 6.36. The van der Waals surface area contributed by atoms with Crippen molar-refractivity contribution in [1.82, 2.24) is 19.3 Å². The second kappa shape index (κ2) is 9.75. The zero-order chi connectivity index (χ0) is 28.1. The van der Waals surface area contributed by atoms with E-state index in [4.69, 9.17) is 13.9 Å². The van der Waals surface area contributed by atoms with E-state index in [-0.39, 0.29) is 28.7 Å². The van der Waals surface area contributed by atoms with Crippen LogP contribution in [0.2, 0.25) is 0 Å². The fraction of sp³-hybridized carbons (Fsp3) is 0.407. The summed E-state index contributed by atoms with van der Waals surface area (Å²) < 4.78 is 33.2. The maximum absolute atomic E-state index is 15.0. The van der Waals surface area contributed by atoms with Gasteiger partial charge in [-0.3, -0.25) is 4.79 Å². The van der Waals surface area contributed by atoms with Gasteiger partial charge in [0.25, 0.3) is 5.91 Å². The molecule has 39 heavy (non-hydrogen) atoms. The molecule has 12 heteroatoms. The van der Waals surface area contributed by atoms with Gasteiger partial charge in [-0.1, -0.05) is 0 Å². The van der Waals surface area contributed by atoms with Crippen molar-refractivity contribution in [2.45, 2.75) is 40.2 Å². The highest BCUT2D eigenvalue weighted by molar-refractivity contribution is 6.13. The summed E-state index contributed by atoms with van der Waals surface area (Å²) in [4.78, 5) is 38.3. The zero-order valence-corrected chi connectivity index (χ0v) is 22.8. The number of nitrogens with one attached hydrogen (secondary N) is 1. The van der Waals surface area contributed by atoms with Crippen molar-refractivity contribution < 1.29 is 27.9 Å². The Morgan fingerprint density at radius 3 is 2.46 bits per heavy atom. The number of anilines is 2. The lowest BCUT2D eigenvalue weighted by Gasteiger charge is -2.36. The number of methoxy groups -OCH3 is 1. The molecule has 0 spiro atoms. The summed E-state index contributed by atoms with van der Waals surface area (Å²) in [7, 11) is 1.33. The molecule has 2 amide bonds. The molecule has 1 fully saturated rings. The second-order valence-electron chi connectivity index (χ2n) is 10.5. The third kappa shape index (κ3) is 5.06. The van der Waals surface area contributed by atoms with Crippen LogP contribution in [0.25, 0.3) is 16.7 Å². The molecule has 1 N–H and O–H groups in total. The van der Waals surface area contributed by atoms with Crippen molar-refractivity contribution in [3.63, 3.8) is 0 Å². The van der Waals surface area contributed by atoms with Gasteiger partial charge in [-0.05, 0) is 39.8 Å². The molecule has 0 atom stereocenters. The van der Waals surface area contributed by atoms with Crippen molar-refractivity contribution in [2.24, 2.45) is 0 Å². The Morgan fingerprint density at radius 2 is 1.79 bits per heavy atom. The Labute approximate surface area is 224 Å². The van der Waals surface area contributed by atoms with E-state index in [1.165, 1.54) is 11.5 Å². The minimum absolute atomic E-state index is 0.105. The molecule has 0 radical (unpaired) electrons. The largest absolute Gasteiger partial charge is 0.491 e. The number of ether oxygens (including phenoxy) is 2. The van der Waals surface area contributed by atoms with Crippen LogP contribution in [-0.4, -0.2) is 70.2 Å². The van der Waals surface area contributed by atoms with E-state index in [0.29, 0.717) is 48.9 Å². The molecular weight excluding hydrogens is 507 g/mol. The van der Waals surface area contributed by atoms with Crippen molar-refractivity contribution in [3.05, 3.63) is 47.5 Å². The number of carbonyl (C=O) groups excluding carboxylic acids is 2. The van der Waals surface area contributed by atoms with Crippen molar-refractivity contribution in [2.75, 3.05) is 43.5 Å². The molecule has 5 rings (SSSR count). The number of nitrogens with zero attached hydrogens (tertiary/aromatic N) is 5. The number of piperazine rings is 1. The molecule has 4 aromatic rings. The molecule has 206 valence electrons. The predicted octanol–water partition coefficient (Wildman–Crippen LogP) is 4.55. The zero-order valence-electron chi connectivity index (χ0n) is 22.8. The van der Waals surface area contributed by atoms with E-state index in [0.717, 1.165) is 5.69 Å². The first-order valence-electron chi connectivity index (χ1n) is 12.6. The Hall–Kier alpha value is -4.35. The number of aryl methyl sites for hydroxylation is 2. The number of halogens is 1. The molecule has 11 nitrogen and oxygen atoms in total. The van der Waals surface area contributed by atoms with Gasteiger partial charge < -0.3 is 33.4 Å². The molecule has 0 saturated carbocycles. The lowest BCUT2D eigenvalue weighted by molar-refractivity contribution is 0.0240. The number of hydrogen-bond acceptors (Lipinski definition) is 8. The van der Waals surface area contributed by atoms with Gasteiger partial charge in [-0.25, -0.2) is 14.8 Å². The average Bonchev–Trinajstić information content (AvgIpc) is 3.44. The van der Waals surface area contributed by atoms with E-state index in [2.05, 4.69) is 20.2 Å².